The van der Waals surface area contributed by atoms with Crippen molar-refractivity contribution in [2.45, 2.75) is 38.8 Å². The fourth-order valence-electron chi connectivity index (χ4n) is 1.74. The highest BCUT2D eigenvalue weighted by atomic mass is 16.6. The van der Waals surface area contributed by atoms with E-state index < -0.39 is 17.2 Å². The average molecular weight is 281 g/mol. The second-order valence-electron chi connectivity index (χ2n) is 5.87. The van der Waals surface area contributed by atoms with Gasteiger partial charge in [0.05, 0.1) is 12.3 Å². The summed E-state index contributed by atoms with van der Waals surface area (Å²) in [6.45, 7) is 7.47. The second kappa shape index (κ2) is 6.09. The van der Waals surface area contributed by atoms with Crippen LogP contribution in [0.25, 0.3) is 0 Å². The Morgan fingerprint density at radius 3 is 2.55 bits per heavy atom. The number of carbonyl (C=O) groups excluding carboxylic acids is 1. The van der Waals surface area contributed by atoms with Gasteiger partial charge in [-0.1, -0.05) is 0 Å². The Kier molecular flexibility index (Phi) is 4.94. The van der Waals surface area contributed by atoms with Crippen LogP contribution in [0.4, 0.5) is 10.5 Å². The number of aromatic nitrogens is 1. The number of nitrogens with two attached hydrogens (primary N) is 1. The van der Waals surface area contributed by atoms with Gasteiger partial charge in [0.15, 0.2) is 0 Å². The van der Waals surface area contributed by atoms with Gasteiger partial charge in [0, 0.05) is 19.0 Å². The van der Waals surface area contributed by atoms with Crippen LogP contribution in [0.1, 0.15) is 33.4 Å². The summed E-state index contributed by atoms with van der Waals surface area (Å²) in [4.78, 5) is 16.2. The van der Waals surface area contributed by atoms with Crippen molar-refractivity contribution in [3.05, 3.63) is 24.0 Å². The van der Waals surface area contributed by atoms with Crippen LogP contribution in [0.2, 0.25) is 0 Å². The van der Waals surface area contributed by atoms with Crippen LogP contribution in [-0.2, 0) is 15.0 Å². The molecular weight excluding hydrogens is 258 g/mol. The van der Waals surface area contributed by atoms with Crippen molar-refractivity contribution in [3.8, 4) is 0 Å². The molecule has 1 atom stereocenters. The Labute approximate surface area is 119 Å². The zero-order chi connectivity index (χ0) is 15.4. The largest absolute Gasteiger partial charge is 0.444 e. The number of nitrogens with zero attached hydrogens (tertiary/aromatic N) is 1. The fraction of sp³-hybridized carbons (Fsp3) is 0.571. The molecule has 1 rings (SSSR count). The Morgan fingerprint density at radius 1 is 1.40 bits per heavy atom. The summed E-state index contributed by atoms with van der Waals surface area (Å²) in [5, 5.41) is 2.79. The van der Waals surface area contributed by atoms with Crippen molar-refractivity contribution in [2.24, 2.45) is 0 Å². The van der Waals surface area contributed by atoms with E-state index in [0.717, 1.165) is 0 Å². The quantitative estimate of drug-likeness (QED) is 0.882. The molecule has 0 aromatic carbocycles. The third-order valence-corrected chi connectivity index (χ3v) is 2.56. The van der Waals surface area contributed by atoms with E-state index in [1.54, 1.807) is 46.2 Å². The van der Waals surface area contributed by atoms with E-state index in [2.05, 4.69) is 10.3 Å². The number of methoxy groups -OCH3 is 1. The summed E-state index contributed by atoms with van der Waals surface area (Å²) in [6, 6.07) is 3.39. The van der Waals surface area contributed by atoms with Crippen LogP contribution in [-0.4, -0.2) is 30.4 Å². The van der Waals surface area contributed by atoms with Gasteiger partial charge >= 0.3 is 6.09 Å². The van der Waals surface area contributed by atoms with Crippen molar-refractivity contribution in [1.82, 2.24) is 10.3 Å². The maximum Gasteiger partial charge on any atom is 0.408 e. The lowest BCUT2D eigenvalue weighted by atomic mass is 9.98. The molecule has 0 bridgehead atoms. The summed E-state index contributed by atoms with van der Waals surface area (Å²) in [6.07, 6.45) is 1.07. The fourth-order valence-corrected chi connectivity index (χ4v) is 1.74. The molecule has 0 aliphatic carbocycles. The van der Waals surface area contributed by atoms with Crippen molar-refractivity contribution >= 4 is 11.8 Å². The van der Waals surface area contributed by atoms with Crippen LogP contribution in [0, 0.1) is 0 Å². The standard InChI is InChI=1S/C14H23N3O3/c1-13(2,3)20-12(18)17-14(4,9-19-5)11-8-10(15)6-7-16-11/h6-8H,9H2,1-5H3,(H2,15,16)(H,17,18). The Morgan fingerprint density at radius 2 is 2.05 bits per heavy atom. The highest BCUT2D eigenvalue weighted by Crippen LogP contribution is 2.21. The minimum absolute atomic E-state index is 0.253. The van der Waals surface area contributed by atoms with Gasteiger partial charge in [-0.15, -0.1) is 0 Å². The molecule has 1 unspecified atom stereocenters. The Hall–Kier alpha value is -1.82. The van der Waals surface area contributed by atoms with Crippen LogP contribution in [0.3, 0.4) is 0 Å². The molecule has 0 radical (unpaired) electrons. The lowest BCUT2D eigenvalue weighted by Crippen LogP contribution is -2.49. The first-order chi connectivity index (χ1) is 9.16. The molecule has 1 amide bonds. The van der Waals surface area contributed by atoms with Crippen LogP contribution >= 0.6 is 0 Å². The predicted octanol–water partition coefficient (Wildman–Crippen LogP) is 2.05. The second-order valence-corrected chi connectivity index (χ2v) is 5.87. The topological polar surface area (TPSA) is 86.5 Å². The summed E-state index contributed by atoms with van der Waals surface area (Å²) >= 11 is 0. The van der Waals surface area contributed by atoms with E-state index in [4.69, 9.17) is 15.2 Å². The highest BCUT2D eigenvalue weighted by molar-refractivity contribution is 5.69. The molecule has 1 aromatic heterocycles. The van der Waals surface area contributed by atoms with E-state index in [9.17, 15) is 4.79 Å². The SMILES string of the molecule is COCC(C)(NC(=O)OC(C)(C)C)c1cc(N)ccn1. The summed E-state index contributed by atoms with van der Waals surface area (Å²) in [5.74, 6) is 0. The smallest absolute Gasteiger partial charge is 0.408 e. The van der Waals surface area contributed by atoms with Crippen molar-refractivity contribution < 1.29 is 14.3 Å². The van der Waals surface area contributed by atoms with Crippen LogP contribution < -0.4 is 11.1 Å². The van der Waals surface area contributed by atoms with E-state index in [0.29, 0.717) is 11.4 Å². The molecule has 6 nitrogen and oxygen atoms in total. The normalized spacial score (nSPS) is 14.4. The van der Waals surface area contributed by atoms with E-state index in [-0.39, 0.29) is 6.61 Å². The number of rotatable bonds is 4. The molecule has 112 valence electrons. The Balaban J connectivity index is 2.95. The molecule has 20 heavy (non-hydrogen) atoms. The number of hydrogen-bond acceptors (Lipinski definition) is 5. The van der Waals surface area contributed by atoms with Gasteiger partial charge < -0.3 is 20.5 Å². The predicted molar refractivity (Wildman–Crippen MR) is 77.2 cm³/mol. The highest BCUT2D eigenvalue weighted by Gasteiger charge is 2.32. The molecule has 3 N–H and O–H groups in total. The third kappa shape index (κ3) is 4.70. The summed E-state index contributed by atoms with van der Waals surface area (Å²) in [5.41, 5.74) is 5.57. The minimum Gasteiger partial charge on any atom is -0.444 e. The molecule has 1 aromatic rings. The first-order valence-corrected chi connectivity index (χ1v) is 6.38. The van der Waals surface area contributed by atoms with Crippen molar-refractivity contribution in [1.29, 1.82) is 0 Å². The first kappa shape index (κ1) is 16.2. The molecule has 6 heteroatoms. The van der Waals surface area contributed by atoms with E-state index in [1.165, 1.54) is 0 Å². The molecule has 1 heterocycles. The minimum atomic E-state index is -0.813. The molecule has 0 spiro atoms. The lowest BCUT2D eigenvalue weighted by Gasteiger charge is -2.31. The van der Waals surface area contributed by atoms with Crippen molar-refractivity contribution in [3.63, 3.8) is 0 Å². The number of amides is 1. The monoisotopic (exact) mass is 281 g/mol. The van der Waals surface area contributed by atoms with Gasteiger partial charge in [-0.25, -0.2) is 4.79 Å². The molecule has 0 saturated heterocycles. The number of nitrogens with one attached hydrogen (secondary N) is 1. The van der Waals surface area contributed by atoms with E-state index in [1.807, 2.05) is 6.92 Å². The maximum atomic E-state index is 12.0. The number of hydrogen-bond donors (Lipinski definition) is 2. The molecule has 0 aliphatic rings. The van der Waals surface area contributed by atoms with Gasteiger partial charge in [0.1, 0.15) is 11.1 Å². The number of nitrogen functional groups attached to an aromatic ring is 1. The van der Waals surface area contributed by atoms with Gasteiger partial charge in [-0.2, -0.15) is 0 Å². The van der Waals surface area contributed by atoms with Gasteiger partial charge in [0.2, 0.25) is 0 Å². The average Bonchev–Trinajstić information content (AvgIpc) is 2.26. The molecule has 0 saturated carbocycles. The van der Waals surface area contributed by atoms with Crippen LogP contribution in [0.15, 0.2) is 18.3 Å². The number of ether oxygens (including phenoxy) is 2. The molecule has 0 fully saturated rings. The van der Waals surface area contributed by atoms with Gasteiger partial charge in [-0.3, -0.25) is 4.98 Å². The number of pyridine rings is 1. The lowest BCUT2D eigenvalue weighted by molar-refractivity contribution is 0.0370. The van der Waals surface area contributed by atoms with E-state index >= 15 is 0 Å². The first-order valence-electron chi connectivity index (χ1n) is 6.38. The van der Waals surface area contributed by atoms with Gasteiger partial charge in [0.25, 0.3) is 0 Å². The summed E-state index contributed by atoms with van der Waals surface area (Å²) < 4.78 is 10.4. The third-order valence-electron chi connectivity index (χ3n) is 2.56. The molecular formula is C14H23N3O3. The summed E-state index contributed by atoms with van der Waals surface area (Å²) in [7, 11) is 1.56. The maximum absolute atomic E-state index is 12.0. The van der Waals surface area contributed by atoms with Gasteiger partial charge in [-0.05, 0) is 39.8 Å². The zero-order valence-corrected chi connectivity index (χ0v) is 12.7. The molecule has 0 aliphatic heterocycles. The number of alkyl carbamates (subject to hydrolysis) is 1. The Bertz CT molecular complexity index is 471. The van der Waals surface area contributed by atoms with Crippen molar-refractivity contribution in [2.75, 3.05) is 19.5 Å². The number of carbonyl (C=O) groups is 1. The zero-order valence-electron chi connectivity index (χ0n) is 12.7. The van der Waals surface area contributed by atoms with Crippen LogP contribution in [0.5, 0.6) is 0 Å². The number of anilines is 1.